The Hall–Kier alpha value is -4.29. The van der Waals surface area contributed by atoms with Gasteiger partial charge < -0.3 is 40.2 Å². The number of nitrogens with one attached hydrogen (secondary N) is 4. The Morgan fingerprint density at radius 3 is 0.732 bits per heavy atom. The van der Waals surface area contributed by atoms with Crippen molar-refractivity contribution < 1.29 is 18.9 Å². The Morgan fingerprint density at radius 1 is 0.366 bits per heavy atom. The molecule has 4 aromatic carbocycles. The van der Waals surface area contributed by atoms with Gasteiger partial charge in [0.1, 0.15) is 48.1 Å². The molecule has 4 N–H and O–H groups in total. The van der Waals surface area contributed by atoms with Gasteiger partial charge in [-0.2, -0.15) is 0 Å². The van der Waals surface area contributed by atoms with Gasteiger partial charge >= 0.3 is 0 Å². The van der Waals surface area contributed by atoms with E-state index in [1.165, 1.54) is 0 Å². The van der Waals surface area contributed by atoms with Crippen LogP contribution < -0.4 is 40.2 Å². The summed E-state index contributed by atoms with van der Waals surface area (Å²) in [6.07, 6.45) is 3.20. The minimum Gasteiger partial charge on any atom is -0.497 e. The van der Waals surface area contributed by atoms with Crippen LogP contribution >= 0.6 is 7.26 Å². The van der Waals surface area contributed by atoms with E-state index in [1.54, 1.807) is 28.4 Å². The fourth-order valence-corrected chi connectivity index (χ4v) is 6.95. The Bertz CT molecular complexity index is 1110. The predicted octanol–water partition coefficient (Wildman–Crippen LogP) is 7.32. The minimum absolute atomic E-state index is 0.800. The molecule has 0 amide bonds. The van der Waals surface area contributed by atoms with Crippen LogP contribution in [0, 0.1) is 0 Å². The van der Waals surface area contributed by atoms with Crippen molar-refractivity contribution in [3.63, 3.8) is 0 Å². The zero-order valence-electron chi connectivity index (χ0n) is 24.1. The molecule has 216 valence electrons. The smallest absolute Gasteiger partial charge is 0.133 e. The normalized spacial score (nSPS) is 10.8. The second-order valence-electron chi connectivity index (χ2n) is 9.60. The van der Waals surface area contributed by atoms with Crippen LogP contribution in [0.15, 0.2) is 97.1 Å². The van der Waals surface area contributed by atoms with Gasteiger partial charge in [-0.25, -0.2) is 0 Å². The SMILES string of the molecule is COc1ccc(NC[P+](CNc2ccc(OC)cc2)(CNc2ccc(OC)cc2)CNc2ccc(OC)cc2)cc1. The van der Waals surface area contributed by atoms with E-state index >= 15 is 0 Å². The number of hydrogen-bond donors (Lipinski definition) is 4. The van der Waals surface area contributed by atoms with E-state index in [9.17, 15) is 0 Å². The number of rotatable bonds is 16. The molecule has 41 heavy (non-hydrogen) atoms. The summed E-state index contributed by atoms with van der Waals surface area (Å²) in [6, 6.07) is 32.2. The fourth-order valence-electron chi connectivity index (χ4n) is 4.21. The van der Waals surface area contributed by atoms with Crippen LogP contribution in [-0.2, 0) is 0 Å². The number of methoxy groups -OCH3 is 4. The molecular formula is C32H40N4O4P+. The van der Waals surface area contributed by atoms with Crippen molar-refractivity contribution in [2.45, 2.75) is 0 Å². The first-order valence-corrected chi connectivity index (χ1v) is 15.9. The third-order valence-corrected chi connectivity index (χ3v) is 10.2. The summed E-state index contributed by atoms with van der Waals surface area (Å²) < 4.78 is 21.4. The standard InChI is InChI=1S/C32H40N4O4P/c1-37-29-13-5-25(6-14-29)33-21-41(22-34-26-7-15-30(38-2)16-8-26,23-35-27-9-17-31(39-3)18-10-27)24-36-28-11-19-32(40-4)20-12-28/h5-20,33-36H,21-24H2,1-4H3/q+1. The van der Waals surface area contributed by atoms with Crippen molar-refractivity contribution in [2.75, 3.05) is 74.8 Å². The van der Waals surface area contributed by atoms with Crippen molar-refractivity contribution >= 4 is 30.0 Å². The molecule has 0 bridgehead atoms. The number of benzene rings is 4. The molecule has 0 aliphatic heterocycles. The number of ether oxygens (including phenoxy) is 4. The largest absolute Gasteiger partial charge is 0.497 e. The van der Waals surface area contributed by atoms with Crippen molar-refractivity contribution in [1.82, 2.24) is 0 Å². The van der Waals surface area contributed by atoms with Gasteiger partial charge in [-0.05, 0) is 97.1 Å². The van der Waals surface area contributed by atoms with Crippen LogP contribution in [0.25, 0.3) is 0 Å². The van der Waals surface area contributed by atoms with E-state index in [0.29, 0.717) is 0 Å². The Labute approximate surface area is 243 Å². The van der Waals surface area contributed by atoms with Crippen LogP contribution in [0.2, 0.25) is 0 Å². The van der Waals surface area contributed by atoms with Gasteiger partial charge in [-0.15, -0.1) is 0 Å². The first-order chi connectivity index (χ1) is 20.0. The average Bonchev–Trinajstić information content (AvgIpc) is 3.05. The van der Waals surface area contributed by atoms with E-state index < -0.39 is 7.26 Å². The summed E-state index contributed by atoms with van der Waals surface area (Å²) in [6.45, 7) is 0. The van der Waals surface area contributed by atoms with Gasteiger partial charge in [-0.3, -0.25) is 0 Å². The van der Waals surface area contributed by atoms with E-state index in [4.69, 9.17) is 18.9 Å². The summed E-state index contributed by atoms with van der Waals surface area (Å²) in [5.74, 6) is 3.33. The third kappa shape index (κ3) is 8.85. The average molecular weight is 576 g/mol. The minimum atomic E-state index is -1.80. The molecule has 0 radical (unpaired) electrons. The highest BCUT2D eigenvalue weighted by Crippen LogP contribution is 2.57. The van der Waals surface area contributed by atoms with Gasteiger partial charge in [0.05, 0.1) is 35.7 Å². The molecule has 4 rings (SSSR count). The molecule has 8 nitrogen and oxygen atoms in total. The molecule has 0 heterocycles. The topological polar surface area (TPSA) is 85.0 Å². The maximum Gasteiger partial charge on any atom is 0.133 e. The molecule has 0 aliphatic rings. The quantitative estimate of drug-likeness (QED) is 0.104. The molecule has 0 saturated carbocycles. The van der Waals surface area contributed by atoms with Crippen LogP contribution in [0.1, 0.15) is 0 Å². The highest BCUT2D eigenvalue weighted by Gasteiger charge is 2.38. The third-order valence-electron chi connectivity index (χ3n) is 6.83. The number of anilines is 4. The molecule has 0 saturated heterocycles. The summed E-state index contributed by atoms with van der Waals surface area (Å²) in [5, 5.41) is 14.9. The summed E-state index contributed by atoms with van der Waals surface area (Å²) in [7, 11) is 4.92. The van der Waals surface area contributed by atoms with Crippen molar-refractivity contribution in [2.24, 2.45) is 0 Å². The molecule has 0 fully saturated rings. The lowest BCUT2D eigenvalue weighted by Gasteiger charge is -2.30. The molecule has 0 aromatic heterocycles. The lowest BCUT2D eigenvalue weighted by atomic mass is 10.3. The first kappa shape index (κ1) is 29.7. The van der Waals surface area contributed by atoms with Crippen molar-refractivity contribution in [3.05, 3.63) is 97.1 Å². The van der Waals surface area contributed by atoms with Crippen LogP contribution in [0.4, 0.5) is 22.7 Å². The lowest BCUT2D eigenvalue weighted by Crippen LogP contribution is -2.27. The molecular weight excluding hydrogens is 535 g/mol. The fraction of sp³-hybridized carbons (Fsp3) is 0.250. The van der Waals surface area contributed by atoms with E-state index in [0.717, 1.165) is 70.9 Å². The summed E-state index contributed by atoms with van der Waals surface area (Å²) in [5.41, 5.74) is 4.20. The van der Waals surface area contributed by atoms with Gasteiger partial charge in [-0.1, -0.05) is 0 Å². The first-order valence-electron chi connectivity index (χ1n) is 13.4. The van der Waals surface area contributed by atoms with Crippen LogP contribution in [-0.4, -0.2) is 53.6 Å². The molecule has 0 unspecified atom stereocenters. The second kappa shape index (κ2) is 14.9. The van der Waals surface area contributed by atoms with E-state index in [1.807, 2.05) is 48.5 Å². The highest BCUT2D eigenvalue weighted by molar-refractivity contribution is 7.76. The monoisotopic (exact) mass is 575 g/mol. The molecule has 9 heteroatoms. The zero-order valence-corrected chi connectivity index (χ0v) is 25.0. The van der Waals surface area contributed by atoms with E-state index in [2.05, 4.69) is 69.8 Å². The molecule has 0 spiro atoms. The van der Waals surface area contributed by atoms with Gasteiger partial charge in [0.25, 0.3) is 0 Å². The van der Waals surface area contributed by atoms with Crippen molar-refractivity contribution in [1.29, 1.82) is 0 Å². The Kier molecular flexibility index (Phi) is 10.8. The van der Waals surface area contributed by atoms with Gasteiger partial charge in [0.2, 0.25) is 0 Å². The summed E-state index contributed by atoms with van der Waals surface area (Å²) >= 11 is 0. The summed E-state index contributed by atoms with van der Waals surface area (Å²) in [4.78, 5) is 0. The maximum atomic E-state index is 5.35. The predicted molar refractivity (Wildman–Crippen MR) is 173 cm³/mol. The Morgan fingerprint density at radius 2 is 0.561 bits per heavy atom. The van der Waals surface area contributed by atoms with Gasteiger partial charge in [0.15, 0.2) is 0 Å². The molecule has 4 aromatic rings. The van der Waals surface area contributed by atoms with Crippen molar-refractivity contribution in [3.8, 4) is 23.0 Å². The van der Waals surface area contributed by atoms with E-state index in [-0.39, 0.29) is 0 Å². The zero-order chi connectivity index (χ0) is 28.9. The maximum absolute atomic E-state index is 5.35. The second-order valence-corrected chi connectivity index (χ2v) is 13.5. The molecule has 0 atom stereocenters. The Balaban J connectivity index is 1.58. The van der Waals surface area contributed by atoms with Gasteiger partial charge in [0, 0.05) is 22.7 Å². The van der Waals surface area contributed by atoms with Crippen LogP contribution in [0.5, 0.6) is 23.0 Å². The highest BCUT2D eigenvalue weighted by atomic mass is 31.2. The number of hydrogen-bond acceptors (Lipinski definition) is 8. The lowest BCUT2D eigenvalue weighted by molar-refractivity contribution is 0.415. The van der Waals surface area contributed by atoms with Crippen LogP contribution in [0.3, 0.4) is 0 Å². The molecule has 0 aliphatic carbocycles.